The summed E-state index contributed by atoms with van der Waals surface area (Å²) in [5.74, 6) is 2.27. The van der Waals surface area contributed by atoms with Gasteiger partial charge in [0.25, 0.3) is 0 Å². The highest BCUT2D eigenvalue weighted by Crippen LogP contribution is 2.28. The third kappa shape index (κ3) is 1.58. The van der Waals surface area contributed by atoms with Crippen molar-refractivity contribution in [3.8, 4) is 0 Å². The first-order valence-electron chi connectivity index (χ1n) is 4.84. The first-order chi connectivity index (χ1) is 6.31. The van der Waals surface area contributed by atoms with Crippen molar-refractivity contribution in [3.63, 3.8) is 0 Å². The summed E-state index contributed by atoms with van der Waals surface area (Å²) in [6.07, 6.45) is 2.22. The van der Waals surface area contributed by atoms with Crippen LogP contribution in [0.25, 0.3) is 0 Å². The highest BCUT2D eigenvalue weighted by molar-refractivity contribution is 5.02. The fourth-order valence-corrected chi connectivity index (χ4v) is 1.70. The van der Waals surface area contributed by atoms with Crippen LogP contribution in [0.3, 0.4) is 0 Å². The Kier molecular flexibility index (Phi) is 2.31. The van der Waals surface area contributed by atoms with E-state index in [1.807, 2.05) is 0 Å². The average Bonchev–Trinajstić information content (AvgIpc) is 2.71. The van der Waals surface area contributed by atoms with Crippen LogP contribution < -0.4 is 0 Å². The van der Waals surface area contributed by atoms with Crippen molar-refractivity contribution in [2.75, 3.05) is 6.61 Å². The van der Waals surface area contributed by atoms with Gasteiger partial charge in [0.05, 0.1) is 6.10 Å². The molecule has 4 nitrogen and oxygen atoms in total. The molecule has 2 unspecified atom stereocenters. The number of aromatic amines is 1. The Morgan fingerprint density at radius 1 is 1.62 bits per heavy atom. The number of H-pyrrole nitrogens is 1. The maximum atomic E-state index is 5.47. The molecule has 0 saturated carbocycles. The van der Waals surface area contributed by atoms with E-state index in [2.05, 4.69) is 29.0 Å². The molecule has 4 heteroatoms. The fraction of sp³-hybridized carbons (Fsp3) is 0.778. The molecule has 2 rings (SSSR count). The first-order valence-corrected chi connectivity index (χ1v) is 4.84. The van der Waals surface area contributed by atoms with E-state index in [4.69, 9.17) is 4.74 Å². The van der Waals surface area contributed by atoms with Crippen molar-refractivity contribution in [2.45, 2.75) is 38.7 Å². The van der Waals surface area contributed by atoms with Gasteiger partial charge >= 0.3 is 0 Å². The lowest BCUT2D eigenvalue weighted by Crippen LogP contribution is -2.10. The third-order valence-corrected chi connectivity index (χ3v) is 2.59. The van der Waals surface area contributed by atoms with Crippen LogP contribution in [-0.2, 0) is 11.2 Å². The Labute approximate surface area is 77.7 Å². The Hall–Kier alpha value is -0.900. The van der Waals surface area contributed by atoms with Crippen molar-refractivity contribution in [1.29, 1.82) is 0 Å². The van der Waals surface area contributed by atoms with Gasteiger partial charge in [-0.05, 0) is 13.3 Å². The van der Waals surface area contributed by atoms with Gasteiger partial charge in [0.15, 0.2) is 5.82 Å². The lowest BCUT2D eigenvalue weighted by molar-refractivity contribution is 0.117. The molecule has 0 bridgehead atoms. The minimum Gasteiger partial charge on any atom is -0.378 e. The smallest absolute Gasteiger partial charge is 0.156 e. The van der Waals surface area contributed by atoms with Crippen LogP contribution >= 0.6 is 0 Å². The third-order valence-electron chi connectivity index (χ3n) is 2.59. The number of aryl methyl sites for hydroxylation is 1. The second-order valence-electron chi connectivity index (χ2n) is 3.46. The van der Waals surface area contributed by atoms with Gasteiger partial charge in [-0.2, -0.15) is 5.10 Å². The lowest BCUT2D eigenvalue weighted by atomic mass is 10.0. The molecule has 0 radical (unpaired) electrons. The zero-order chi connectivity index (χ0) is 9.26. The maximum Gasteiger partial charge on any atom is 0.156 e. The van der Waals surface area contributed by atoms with Gasteiger partial charge in [0.1, 0.15) is 5.82 Å². The van der Waals surface area contributed by atoms with E-state index in [9.17, 15) is 0 Å². The lowest BCUT2D eigenvalue weighted by Gasteiger charge is -2.08. The van der Waals surface area contributed by atoms with E-state index in [0.717, 1.165) is 31.1 Å². The summed E-state index contributed by atoms with van der Waals surface area (Å²) in [6.45, 7) is 4.99. The fourth-order valence-electron chi connectivity index (χ4n) is 1.70. The van der Waals surface area contributed by atoms with Gasteiger partial charge in [0, 0.05) is 18.9 Å². The molecule has 1 saturated heterocycles. The highest BCUT2D eigenvalue weighted by atomic mass is 16.5. The molecule has 0 aromatic carbocycles. The Morgan fingerprint density at radius 3 is 3.00 bits per heavy atom. The number of aromatic nitrogens is 3. The minimum absolute atomic E-state index is 0.264. The van der Waals surface area contributed by atoms with E-state index < -0.39 is 0 Å². The molecule has 0 amide bonds. The summed E-state index contributed by atoms with van der Waals surface area (Å²) >= 11 is 0. The van der Waals surface area contributed by atoms with Crippen molar-refractivity contribution in [2.24, 2.45) is 0 Å². The van der Waals surface area contributed by atoms with Crippen molar-refractivity contribution in [1.82, 2.24) is 15.2 Å². The van der Waals surface area contributed by atoms with E-state index in [1.165, 1.54) is 0 Å². The number of nitrogens with one attached hydrogen (secondary N) is 1. The molecular weight excluding hydrogens is 166 g/mol. The molecule has 1 aromatic rings. The van der Waals surface area contributed by atoms with Crippen LogP contribution in [0.2, 0.25) is 0 Å². The minimum atomic E-state index is 0.264. The second-order valence-corrected chi connectivity index (χ2v) is 3.46. The van der Waals surface area contributed by atoms with Gasteiger partial charge < -0.3 is 4.74 Å². The molecule has 1 aliphatic rings. The van der Waals surface area contributed by atoms with Crippen LogP contribution in [0.4, 0.5) is 0 Å². The van der Waals surface area contributed by atoms with E-state index in [0.29, 0.717) is 5.92 Å². The molecule has 1 N–H and O–H groups in total. The van der Waals surface area contributed by atoms with Crippen LogP contribution in [0, 0.1) is 0 Å². The number of hydrogen-bond donors (Lipinski definition) is 1. The standard InChI is InChI=1S/C9H15N3O/c1-3-8-10-9(12-11-8)7-4-5-13-6(7)2/h6-7H,3-5H2,1-2H3,(H,10,11,12). The van der Waals surface area contributed by atoms with Crippen LogP contribution in [0.1, 0.15) is 37.8 Å². The Bertz CT molecular complexity index is 284. The number of hydrogen-bond acceptors (Lipinski definition) is 3. The summed E-state index contributed by atoms with van der Waals surface area (Å²) in [4.78, 5) is 4.41. The SMILES string of the molecule is CCc1nc(C2CCOC2C)n[nH]1. The maximum absolute atomic E-state index is 5.47. The molecule has 0 spiro atoms. The Morgan fingerprint density at radius 2 is 2.46 bits per heavy atom. The molecule has 2 heterocycles. The monoisotopic (exact) mass is 181 g/mol. The van der Waals surface area contributed by atoms with Crippen molar-refractivity contribution < 1.29 is 4.74 Å². The normalized spacial score (nSPS) is 28.2. The highest BCUT2D eigenvalue weighted by Gasteiger charge is 2.28. The van der Waals surface area contributed by atoms with E-state index >= 15 is 0 Å². The molecule has 72 valence electrons. The van der Waals surface area contributed by atoms with Crippen LogP contribution in [0.15, 0.2) is 0 Å². The molecule has 2 atom stereocenters. The summed E-state index contributed by atoms with van der Waals surface area (Å²) in [5, 5.41) is 7.14. The van der Waals surface area contributed by atoms with Gasteiger partial charge in [0.2, 0.25) is 0 Å². The van der Waals surface area contributed by atoms with Gasteiger partial charge in [-0.25, -0.2) is 4.98 Å². The van der Waals surface area contributed by atoms with Gasteiger partial charge in [-0.1, -0.05) is 6.92 Å². The first kappa shape index (κ1) is 8.69. The average molecular weight is 181 g/mol. The Balaban J connectivity index is 2.15. The molecular formula is C9H15N3O. The zero-order valence-electron chi connectivity index (χ0n) is 8.08. The summed E-state index contributed by atoms with van der Waals surface area (Å²) in [5.41, 5.74) is 0. The summed E-state index contributed by atoms with van der Waals surface area (Å²) < 4.78 is 5.47. The quantitative estimate of drug-likeness (QED) is 0.747. The van der Waals surface area contributed by atoms with E-state index in [-0.39, 0.29) is 6.10 Å². The van der Waals surface area contributed by atoms with Crippen molar-refractivity contribution in [3.05, 3.63) is 11.6 Å². The second kappa shape index (κ2) is 3.46. The van der Waals surface area contributed by atoms with E-state index in [1.54, 1.807) is 0 Å². The zero-order valence-corrected chi connectivity index (χ0v) is 8.08. The summed E-state index contributed by atoms with van der Waals surface area (Å²) in [7, 11) is 0. The van der Waals surface area contributed by atoms with Gasteiger partial charge in [-0.15, -0.1) is 0 Å². The summed E-state index contributed by atoms with van der Waals surface area (Å²) in [6, 6.07) is 0. The number of nitrogens with zero attached hydrogens (tertiary/aromatic N) is 2. The van der Waals surface area contributed by atoms with Crippen LogP contribution in [0.5, 0.6) is 0 Å². The number of rotatable bonds is 2. The molecule has 1 aromatic heterocycles. The number of ether oxygens (including phenoxy) is 1. The molecule has 1 fully saturated rings. The largest absolute Gasteiger partial charge is 0.378 e. The van der Waals surface area contributed by atoms with Crippen molar-refractivity contribution >= 4 is 0 Å². The van der Waals surface area contributed by atoms with Crippen LogP contribution in [-0.4, -0.2) is 27.9 Å². The molecule has 0 aliphatic carbocycles. The predicted octanol–water partition coefficient (Wildman–Crippen LogP) is 1.26. The topological polar surface area (TPSA) is 50.8 Å². The van der Waals surface area contributed by atoms with Gasteiger partial charge in [-0.3, -0.25) is 5.10 Å². The predicted molar refractivity (Wildman–Crippen MR) is 48.5 cm³/mol. The molecule has 13 heavy (non-hydrogen) atoms. The molecule has 1 aliphatic heterocycles.